The second-order valence-corrected chi connectivity index (χ2v) is 10.4. The number of benzene rings is 1. The van der Waals surface area contributed by atoms with Crippen molar-refractivity contribution in [3.8, 4) is 0 Å². The number of unbranched alkanes of at least 4 members (excludes halogenated alkanes) is 14. The molecule has 0 aliphatic rings. The highest BCUT2D eigenvalue weighted by molar-refractivity contribution is 5.15. The van der Waals surface area contributed by atoms with Crippen LogP contribution >= 0.6 is 0 Å². The van der Waals surface area contributed by atoms with Crippen LogP contribution in [0.25, 0.3) is 0 Å². The standard InChI is InChI=1S/C32H54N2/c1-3-5-7-9-11-12-13-14-16-21-28-34-29-31(26-22-25-30-23-18-17-19-24-30)33-32(34)27-20-15-10-8-6-4-2/h17-19,23-24,29H,3-16,20-22,25-28H2,1-2H3. The van der Waals surface area contributed by atoms with E-state index in [1.165, 1.54) is 126 Å². The van der Waals surface area contributed by atoms with Crippen molar-refractivity contribution in [1.29, 1.82) is 0 Å². The molecule has 0 saturated carbocycles. The SMILES string of the molecule is CCCCCCCCCCCCn1cc(CCCc2ccccc2)nc1CCCCCCCC. The van der Waals surface area contributed by atoms with E-state index in [-0.39, 0.29) is 0 Å². The third-order valence-corrected chi connectivity index (χ3v) is 7.16. The van der Waals surface area contributed by atoms with E-state index < -0.39 is 0 Å². The van der Waals surface area contributed by atoms with Crippen molar-refractivity contribution < 1.29 is 0 Å². The molecule has 0 spiro atoms. The fourth-order valence-electron chi connectivity index (χ4n) is 4.98. The first-order chi connectivity index (χ1) is 16.8. The van der Waals surface area contributed by atoms with Crippen LogP contribution in [0.1, 0.15) is 140 Å². The van der Waals surface area contributed by atoms with Crippen LogP contribution in [-0.2, 0) is 25.8 Å². The molecule has 34 heavy (non-hydrogen) atoms. The molecule has 0 amide bonds. The van der Waals surface area contributed by atoms with E-state index in [4.69, 9.17) is 4.98 Å². The van der Waals surface area contributed by atoms with Crippen molar-refractivity contribution in [2.24, 2.45) is 0 Å². The van der Waals surface area contributed by atoms with Crippen LogP contribution in [0.4, 0.5) is 0 Å². The van der Waals surface area contributed by atoms with Crippen molar-refractivity contribution in [2.45, 2.75) is 149 Å². The predicted molar refractivity (Wildman–Crippen MR) is 150 cm³/mol. The maximum Gasteiger partial charge on any atom is 0.108 e. The van der Waals surface area contributed by atoms with Gasteiger partial charge in [0.25, 0.3) is 0 Å². The molecule has 0 unspecified atom stereocenters. The second kappa shape index (κ2) is 19.7. The molecule has 1 aromatic heterocycles. The molecule has 0 radical (unpaired) electrons. The number of aryl methyl sites for hydroxylation is 4. The predicted octanol–water partition coefficient (Wildman–Crippen LogP) is 9.88. The van der Waals surface area contributed by atoms with E-state index in [9.17, 15) is 0 Å². The Morgan fingerprint density at radius 1 is 0.559 bits per heavy atom. The van der Waals surface area contributed by atoms with Gasteiger partial charge >= 0.3 is 0 Å². The molecule has 0 atom stereocenters. The molecule has 1 aromatic carbocycles. The lowest BCUT2D eigenvalue weighted by Crippen LogP contribution is -2.03. The first kappa shape index (κ1) is 28.7. The van der Waals surface area contributed by atoms with E-state index in [0.29, 0.717) is 0 Å². The topological polar surface area (TPSA) is 17.8 Å². The monoisotopic (exact) mass is 466 g/mol. The summed E-state index contributed by atoms with van der Waals surface area (Å²) in [6.07, 6.45) is 29.1. The van der Waals surface area contributed by atoms with Crippen molar-refractivity contribution in [1.82, 2.24) is 9.55 Å². The first-order valence-electron chi connectivity index (χ1n) is 14.9. The molecule has 2 nitrogen and oxygen atoms in total. The summed E-state index contributed by atoms with van der Waals surface area (Å²) < 4.78 is 2.51. The van der Waals surface area contributed by atoms with Crippen molar-refractivity contribution in [3.63, 3.8) is 0 Å². The lowest BCUT2D eigenvalue weighted by molar-refractivity contribution is 0.523. The van der Waals surface area contributed by atoms with Crippen LogP contribution in [0, 0.1) is 0 Å². The molecular formula is C32H54N2. The summed E-state index contributed by atoms with van der Waals surface area (Å²) in [5.74, 6) is 1.35. The quantitative estimate of drug-likeness (QED) is 0.158. The zero-order valence-electron chi connectivity index (χ0n) is 22.7. The molecule has 0 fully saturated rings. The van der Waals surface area contributed by atoms with Gasteiger partial charge in [0.1, 0.15) is 5.82 Å². The Morgan fingerprint density at radius 3 is 1.74 bits per heavy atom. The Morgan fingerprint density at radius 2 is 1.12 bits per heavy atom. The number of imidazole rings is 1. The lowest BCUT2D eigenvalue weighted by atomic mass is 10.1. The number of hydrogen-bond donors (Lipinski definition) is 0. The van der Waals surface area contributed by atoms with Gasteiger partial charge < -0.3 is 4.57 Å². The molecule has 1 heterocycles. The van der Waals surface area contributed by atoms with Crippen LogP contribution in [0.15, 0.2) is 36.5 Å². The van der Waals surface area contributed by atoms with E-state index >= 15 is 0 Å². The number of aromatic nitrogens is 2. The van der Waals surface area contributed by atoms with Gasteiger partial charge in [-0.3, -0.25) is 0 Å². The Balaban J connectivity index is 1.72. The van der Waals surface area contributed by atoms with E-state index in [0.717, 1.165) is 25.8 Å². The van der Waals surface area contributed by atoms with E-state index in [1.807, 2.05) is 0 Å². The smallest absolute Gasteiger partial charge is 0.108 e. The molecule has 192 valence electrons. The summed E-state index contributed by atoms with van der Waals surface area (Å²) in [5, 5.41) is 0. The summed E-state index contributed by atoms with van der Waals surface area (Å²) in [4.78, 5) is 5.10. The molecule has 2 rings (SSSR count). The number of nitrogens with zero attached hydrogens (tertiary/aromatic N) is 2. The average molecular weight is 467 g/mol. The highest BCUT2D eigenvalue weighted by Gasteiger charge is 2.08. The fraction of sp³-hybridized carbons (Fsp3) is 0.719. The fourth-order valence-corrected chi connectivity index (χ4v) is 4.98. The number of rotatable bonds is 22. The van der Waals surface area contributed by atoms with Crippen molar-refractivity contribution >= 4 is 0 Å². The Labute approximate surface area is 212 Å². The van der Waals surface area contributed by atoms with Gasteiger partial charge in [-0.2, -0.15) is 0 Å². The highest BCUT2D eigenvalue weighted by Crippen LogP contribution is 2.16. The zero-order chi connectivity index (χ0) is 24.1. The van der Waals surface area contributed by atoms with Crippen molar-refractivity contribution in [2.75, 3.05) is 0 Å². The lowest BCUT2D eigenvalue weighted by Gasteiger charge is -2.08. The minimum atomic E-state index is 1.10. The van der Waals surface area contributed by atoms with Crippen LogP contribution in [-0.4, -0.2) is 9.55 Å². The van der Waals surface area contributed by atoms with Gasteiger partial charge in [0, 0.05) is 19.2 Å². The first-order valence-corrected chi connectivity index (χ1v) is 14.9. The van der Waals surface area contributed by atoms with Crippen LogP contribution in [0.3, 0.4) is 0 Å². The molecule has 0 N–H and O–H groups in total. The number of hydrogen-bond acceptors (Lipinski definition) is 1. The maximum absolute atomic E-state index is 5.10. The van der Waals surface area contributed by atoms with Gasteiger partial charge in [-0.05, 0) is 37.7 Å². The zero-order valence-corrected chi connectivity index (χ0v) is 22.7. The Hall–Kier alpha value is -1.57. The normalized spacial score (nSPS) is 11.4. The van der Waals surface area contributed by atoms with Crippen molar-refractivity contribution in [3.05, 3.63) is 53.6 Å². The van der Waals surface area contributed by atoms with Crippen LogP contribution in [0.5, 0.6) is 0 Å². The molecular weight excluding hydrogens is 412 g/mol. The Bertz CT molecular complexity index is 703. The van der Waals surface area contributed by atoms with Gasteiger partial charge in [0.05, 0.1) is 5.69 Å². The molecule has 0 aliphatic heterocycles. The molecule has 2 aromatic rings. The van der Waals surface area contributed by atoms with E-state index in [1.54, 1.807) is 0 Å². The third-order valence-electron chi connectivity index (χ3n) is 7.16. The third kappa shape index (κ3) is 13.4. The summed E-state index contributed by atoms with van der Waals surface area (Å²) in [5.41, 5.74) is 2.75. The van der Waals surface area contributed by atoms with Crippen LogP contribution in [0.2, 0.25) is 0 Å². The van der Waals surface area contributed by atoms with Gasteiger partial charge in [-0.25, -0.2) is 4.98 Å². The van der Waals surface area contributed by atoms with Crippen LogP contribution < -0.4 is 0 Å². The summed E-state index contributed by atoms with van der Waals surface area (Å²) in [6.45, 7) is 5.75. The Kier molecular flexibility index (Phi) is 16.6. The average Bonchev–Trinajstić information content (AvgIpc) is 3.24. The van der Waals surface area contributed by atoms with Gasteiger partial charge in [0.15, 0.2) is 0 Å². The largest absolute Gasteiger partial charge is 0.335 e. The molecule has 0 aliphatic carbocycles. The van der Waals surface area contributed by atoms with Gasteiger partial charge in [-0.15, -0.1) is 0 Å². The summed E-state index contributed by atoms with van der Waals surface area (Å²) in [6, 6.07) is 10.9. The summed E-state index contributed by atoms with van der Waals surface area (Å²) >= 11 is 0. The van der Waals surface area contributed by atoms with E-state index in [2.05, 4.69) is 54.9 Å². The summed E-state index contributed by atoms with van der Waals surface area (Å²) in [7, 11) is 0. The maximum atomic E-state index is 5.10. The minimum absolute atomic E-state index is 1.10. The highest BCUT2D eigenvalue weighted by atomic mass is 15.1. The second-order valence-electron chi connectivity index (χ2n) is 10.4. The molecule has 0 saturated heterocycles. The van der Waals surface area contributed by atoms with Gasteiger partial charge in [-0.1, -0.05) is 134 Å². The van der Waals surface area contributed by atoms with Gasteiger partial charge in [0.2, 0.25) is 0 Å². The molecule has 0 bridgehead atoms. The molecule has 2 heteroatoms. The minimum Gasteiger partial charge on any atom is -0.335 e.